The lowest BCUT2D eigenvalue weighted by molar-refractivity contribution is -0.121. The summed E-state index contributed by atoms with van der Waals surface area (Å²) in [6, 6.07) is 0. The highest BCUT2D eigenvalue weighted by atomic mass is 16.2. The molecule has 0 saturated carbocycles. The Morgan fingerprint density at radius 3 is 2.54 bits per heavy atom. The van der Waals surface area contributed by atoms with E-state index in [1.165, 1.54) is 0 Å². The van der Waals surface area contributed by atoms with E-state index >= 15 is 0 Å². The topological polar surface area (TPSA) is 93.5 Å². The number of nitrogens with one attached hydrogen (secondary N) is 1. The van der Waals surface area contributed by atoms with Gasteiger partial charge in [-0.15, -0.1) is 5.10 Å². The molecular formula is C8H18N4O. The molecule has 0 aromatic carbocycles. The second-order valence-corrected chi connectivity index (χ2v) is 2.88. The Balaban J connectivity index is 3.36. The Hall–Kier alpha value is -1.26. The highest BCUT2D eigenvalue weighted by Gasteiger charge is 1.98. The van der Waals surface area contributed by atoms with E-state index in [4.69, 9.17) is 11.5 Å². The van der Waals surface area contributed by atoms with Crippen LogP contribution in [-0.4, -0.2) is 11.9 Å². The predicted octanol–water partition coefficient (Wildman–Crippen LogP) is 0.261. The number of hydrogen-bond donors (Lipinski definition) is 3. The van der Waals surface area contributed by atoms with Crippen LogP contribution in [0, 0.1) is 0 Å². The van der Waals surface area contributed by atoms with Gasteiger partial charge in [0.15, 0.2) is 0 Å². The summed E-state index contributed by atoms with van der Waals surface area (Å²) in [5, 5.41) is 3.40. The van der Waals surface area contributed by atoms with Crippen molar-refractivity contribution in [2.24, 2.45) is 16.6 Å². The number of carbonyl (C=O) groups excluding carboxylic acids is 1. The van der Waals surface area contributed by atoms with Crippen LogP contribution in [0.5, 0.6) is 0 Å². The second-order valence-electron chi connectivity index (χ2n) is 2.88. The maximum absolute atomic E-state index is 11.0. The molecule has 0 spiro atoms. The van der Waals surface area contributed by atoms with E-state index in [2.05, 4.69) is 17.5 Å². The Kier molecular flexibility index (Phi) is 6.68. The molecule has 76 valence electrons. The zero-order valence-electron chi connectivity index (χ0n) is 8.05. The number of nitrogens with two attached hydrogens (primary N) is 2. The van der Waals surface area contributed by atoms with Gasteiger partial charge in [0, 0.05) is 6.42 Å². The first-order valence-electron chi connectivity index (χ1n) is 4.54. The Labute approximate surface area is 78.6 Å². The molecule has 0 aliphatic carbocycles. The van der Waals surface area contributed by atoms with Crippen molar-refractivity contribution in [1.82, 2.24) is 5.43 Å². The van der Waals surface area contributed by atoms with E-state index in [1.807, 2.05) is 0 Å². The first kappa shape index (κ1) is 11.7. The molecule has 0 aromatic rings. The summed E-state index contributed by atoms with van der Waals surface area (Å²) in [6.45, 7) is 2.12. The zero-order valence-corrected chi connectivity index (χ0v) is 8.05. The van der Waals surface area contributed by atoms with Crippen molar-refractivity contribution in [3.8, 4) is 0 Å². The Morgan fingerprint density at radius 2 is 2.00 bits per heavy atom. The van der Waals surface area contributed by atoms with Crippen molar-refractivity contribution in [2.75, 3.05) is 0 Å². The van der Waals surface area contributed by atoms with Crippen molar-refractivity contribution in [3.63, 3.8) is 0 Å². The zero-order chi connectivity index (χ0) is 10.1. The summed E-state index contributed by atoms with van der Waals surface area (Å²) < 4.78 is 0. The maximum atomic E-state index is 11.0. The van der Waals surface area contributed by atoms with E-state index in [0.717, 1.165) is 25.7 Å². The van der Waals surface area contributed by atoms with E-state index in [1.54, 1.807) is 0 Å². The third-order valence-corrected chi connectivity index (χ3v) is 1.57. The molecule has 0 heterocycles. The SMILES string of the molecule is CCCCCCC(=O)NN=C(N)N. The maximum Gasteiger partial charge on any atom is 0.240 e. The van der Waals surface area contributed by atoms with Crippen molar-refractivity contribution in [3.05, 3.63) is 0 Å². The number of rotatable bonds is 6. The summed E-state index contributed by atoms with van der Waals surface area (Å²) in [5.74, 6) is -0.258. The monoisotopic (exact) mass is 186 g/mol. The van der Waals surface area contributed by atoms with Crippen LogP contribution < -0.4 is 16.9 Å². The second kappa shape index (κ2) is 7.39. The third kappa shape index (κ3) is 8.65. The number of nitrogens with zero attached hydrogens (tertiary/aromatic N) is 1. The highest BCUT2D eigenvalue weighted by Crippen LogP contribution is 2.01. The fraction of sp³-hybridized carbons (Fsp3) is 0.750. The molecule has 0 radical (unpaired) electrons. The molecule has 0 aliphatic heterocycles. The van der Waals surface area contributed by atoms with Crippen LogP contribution in [0.15, 0.2) is 5.10 Å². The molecule has 0 fully saturated rings. The van der Waals surface area contributed by atoms with Crippen molar-refractivity contribution >= 4 is 11.9 Å². The normalized spacial score (nSPS) is 9.31. The van der Waals surface area contributed by atoms with Gasteiger partial charge in [-0.1, -0.05) is 26.2 Å². The number of hydrazone groups is 1. The van der Waals surface area contributed by atoms with Gasteiger partial charge in [0.05, 0.1) is 0 Å². The largest absolute Gasteiger partial charge is 0.369 e. The van der Waals surface area contributed by atoms with Crippen LogP contribution in [0.1, 0.15) is 39.0 Å². The molecule has 5 N–H and O–H groups in total. The molecular weight excluding hydrogens is 168 g/mol. The summed E-state index contributed by atoms with van der Waals surface area (Å²) in [4.78, 5) is 11.0. The fourth-order valence-electron chi connectivity index (χ4n) is 0.895. The molecule has 1 amide bonds. The lowest BCUT2D eigenvalue weighted by Gasteiger charge is -1.99. The number of amides is 1. The van der Waals surface area contributed by atoms with Gasteiger partial charge < -0.3 is 11.5 Å². The van der Waals surface area contributed by atoms with E-state index in [9.17, 15) is 4.79 Å². The average molecular weight is 186 g/mol. The van der Waals surface area contributed by atoms with Gasteiger partial charge >= 0.3 is 0 Å². The molecule has 0 rings (SSSR count). The van der Waals surface area contributed by atoms with Crippen LogP contribution in [0.3, 0.4) is 0 Å². The van der Waals surface area contributed by atoms with Crippen LogP contribution in [0.4, 0.5) is 0 Å². The van der Waals surface area contributed by atoms with Crippen molar-refractivity contribution < 1.29 is 4.79 Å². The molecule has 5 heteroatoms. The van der Waals surface area contributed by atoms with Crippen LogP contribution in [0.25, 0.3) is 0 Å². The van der Waals surface area contributed by atoms with Gasteiger partial charge in [-0.25, -0.2) is 5.43 Å². The molecule has 0 aliphatic rings. The van der Waals surface area contributed by atoms with E-state index in [0.29, 0.717) is 6.42 Å². The molecule has 0 saturated heterocycles. The lowest BCUT2D eigenvalue weighted by atomic mass is 10.1. The standard InChI is InChI=1S/C8H18N4O/c1-2-3-4-5-6-7(13)11-12-8(9)10/h2-6H2,1H3,(H,11,13)(H4,9,10,12). The first-order chi connectivity index (χ1) is 6.16. The minimum atomic E-state index is -0.135. The summed E-state index contributed by atoms with van der Waals surface area (Å²) in [6.07, 6.45) is 4.77. The van der Waals surface area contributed by atoms with E-state index in [-0.39, 0.29) is 11.9 Å². The molecule has 0 aromatic heterocycles. The molecule has 0 bridgehead atoms. The quantitative estimate of drug-likeness (QED) is 0.240. The number of hydrogen-bond acceptors (Lipinski definition) is 2. The molecule has 0 unspecified atom stereocenters. The summed E-state index contributed by atoms with van der Waals surface area (Å²) in [5.41, 5.74) is 12.3. The molecule has 0 atom stereocenters. The predicted molar refractivity (Wildman–Crippen MR) is 52.7 cm³/mol. The van der Waals surface area contributed by atoms with Gasteiger partial charge in [-0.2, -0.15) is 0 Å². The minimum absolute atomic E-state index is 0.123. The number of unbranched alkanes of at least 4 members (excludes halogenated alkanes) is 3. The van der Waals surface area contributed by atoms with Gasteiger partial charge in [0.1, 0.15) is 0 Å². The number of guanidine groups is 1. The minimum Gasteiger partial charge on any atom is -0.369 e. The van der Waals surface area contributed by atoms with Crippen LogP contribution in [0.2, 0.25) is 0 Å². The van der Waals surface area contributed by atoms with Gasteiger partial charge in [0.2, 0.25) is 11.9 Å². The fourth-order valence-corrected chi connectivity index (χ4v) is 0.895. The highest BCUT2D eigenvalue weighted by molar-refractivity contribution is 5.80. The van der Waals surface area contributed by atoms with Crippen molar-refractivity contribution in [2.45, 2.75) is 39.0 Å². The van der Waals surface area contributed by atoms with Crippen molar-refractivity contribution in [1.29, 1.82) is 0 Å². The lowest BCUT2D eigenvalue weighted by Crippen LogP contribution is -2.28. The molecule has 13 heavy (non-hydrogen) atoms. The Morgan fingerprint density at radius 1 is 1.31 bits per heavy atom. The van der Waals surface area contributed by atoms with Gasteiger partial charge in [0.25, 0.3) is 0 Å². The third-order valence-electron chi connectivity index (χ3n) is 1.57. The number of carbonyl (C=O) groups is 1. The van der Waals surface area contributed by atoms with Gasteiger partial charge in [-0.3, -0.25) is 4.79 Å². The summed E-state index contributed by atoms with van der Waals surface area (Å²) >= 11 is 0. The van der Waals surface area contributed by atoms with Crippen LogP contribution >= 0.6 is 0 Å². The Bertz CT molecular complexity index is 175. The first-order valence-corrected chi connectivity index (χ1v) is 4.54. The average Bonchev–Trinajstić information content (AvgIpc) is 2.09. The smallest absolute Gasteiger partial charge is 0.240 e. The van der Waals surface area contributed by atoms with E-state index < -0.39 is 0 Å². The van der Waals surface area contributed by atoms with Crippen LogP contribution in [-0.2, 0) is 4.79 Å². The molecule has 5 nitrogen and oxygen atoms in total. The van der Waals surface area contributed by atoms with Gasteiger partial charge in [-0.05, 0) is 6.42 Å². The summed E-state index contributed by atoms with van der Waals surface area (Å²) in [7, 11) is 0.